The molecule has 9 nitrogen and oxygen atoms in total. The molecule has 3 aromatic rings. The number of furan rings is 1. The Labute approximate surface area is 198 Å². The molecule has 3 N–H and O–H groups in total. The van der Waals surface area contributed by atoms with Crippen LogP contribution in [-0.4, -0.2) is 22.1 Å². The van der Waals surface area contributed by atoms with Gasteiger partial charge in [-0.2, -0.15) is 0 Å². The number of unbranched alkanes of at least 4 members (excludes halogenated alkanes) is 1. The van der Waals surface area contributed by atoms with E-state index in [1.165, 1.54) is 15.7 Å². The van der Waals surface area contributed by atoms with E-state index in [9.17, 15) is 14.4 Å². The van der Waals surface area contributed by atoms with E-state index < -0.39 is 17.2 Å². The number of nitrogens with two attached hydrogens (primary N) is 1. The number of anilines is 2. The highest BCUT2D eigenvalue weighted by Gasteiger charge is 2.26. The summed E-state index contributed by atoms with van der Waals surface area (Å²) in [6, 6.07) is 10.9. The summed E-state index contributed by atoms with van der Waals surface area (Å²) >= 11 is 0. The summed E-state index contributed by atoms with van der Waals surface area (Å²) in [7, 11) is 0. The first-order chi connectivity index (χ1) is 16.1. The number of hydrogen-bond donors (Lipinski definition) is 2. The Hall–Kier alpha value is -3.75. The number of nitrogens with one attached hydrogen (secondary N) is 1. The van der Waals surface area contributed by atoms with Crippen LogP contribution < -0.4 is 26.6 Å². The fourth-order valence-electron chi connectivity index (χ4n) is 3.50. The second kappa shape index (κ2) is 10.5. The summed E-state index contributed by atoms with van der Waals surface area (Å²) in [5.74, 6) is 0.396. The maximum Gasteiger partial charge on any atom is 0.330 e. The van der Waals surface area contributed by atoms with Crippen LogP contribution in [0.15, 0.2) is 56.7 Å². The lowest BCUT2D eigenvalue weighted by Crippen LogP contribution is -2.42. The molecule has 0 aliphatic heterocycles. The Morgan fingerprint density at radius 2 is 1.88 bits per heavy atom. The highest BCUT2D eigenvalue weighted by molar-refractivity contribution is 5.96. The van der Waals surface area contributed by atoms with Crippen LogP contribution >= 0.6 is 0 Å². The lowest BCUT2D eigenvalue weighted by atomic mass is 9.87. The maximum absolute atomic E-state index is 13.2. The Morgan fingerprint density at radius 1 is 1.18 bits per heavy atom. The second-order valence-electron chi connectivity index (χ2n) is 9.12. The zero-order valence-electron chi connectivity index (χ0n) is 20.1. The number of benzene rings is 1. The largest absolute Gasteiger partial charge is 0.484 e. The third-order valence-corrected chi connectivity index (χ3v) is 5.50. The summed E-state index contributed by atoms with van der Waals surface area (Å²) in [6.45, 7) is 8.26. The average Bonchev–Trinajstić information content (AvgIpc) is 3.29. The van der Waals surface area contributed by atoms with Crippen molar-refractivity contribution in [2.75, 3.05) is 17.2 Å². The van der Waals surface area contributed by atoms with Gasteiger partial charge in [0.15, 0.2) is 12.3 Å². The first-order valence-electron chi connectivity index (χ1n) is 11.3. The molecule has 0 unspecified atom stereocenters. The maximum atomic E-state index is 13.2. The SMILES string of the molecule is CCCCn1c(N)c(N(Cc2ccco2)C(=O)COc2ccc(C(C)(C)C)cc2)c(=O)[nH]c1=O. The van der Waals surface area contributed by atoms with Crippen LogP contribution in [0.1, 0.15) is 51.9 Å². The fourth-order valence-corrected chi connectivity index (χ4v) is 3.50. The Balaban J connectivity index is 1.90. The summed E-state index contributed by atoms with van der Waals surface area (Å²) in [4.78, 5) is 41.8. The molecule has 1 aromatic carbocycles. The van der Waals surface area contributed by atoms with Gasteiger partial charge in [-0.25, -0.2) is 4.79 Å². The van der Waals surface area contributed by atoms with Crippen molar-refractivity contribution in [1.82, 2.24) is 9.55 Å². The topological polar surface area (TPSA) is 124 Å². The van der Waals surface area contributed by atoms with E-state index in [1.54, 1.807) is 24.3 Å². The number of rotatable bonds is 9. The molecule has 0 radical (unpaired) electrons. The van der Waals surface area contributed by atoms with Gasteiger partial charge in [0.05, 0.1) is 12.8 Å². The lowest BCUT2D eigenvalue weighted by molar-refractivity contribution is -0.120. The summed E-state index contributed by atoms with van der Waals surface area (Å²) in [5, 5.41) is 0. The van der Waals surface area contributed by atoms with Gasteiger partial charge in [-0.3, -0.25) is 24.0 Å². The zero-order valence-corrected chi connectivity index (χ0v) is 20.1. The summed E-state index contributed by atoms with van der Waals surface area (Å²) in [5.41, 5.74) is 5.90. The first kappa shape index (κ1) is 24.9. The minimum atomic E-state index is -0.746. The van der Waals surface area contributed by atoms with Gasteiger partial charge >= 0.3 is 5.69 Å². The molecule has 0 atom stereocenters. The van der Waals surface area contributed by atoms with Gasteiger partial charge in [-0.15, -0.1) is 0 Å². The molecule has 0 aliphatic rings. The van der Waals surface area contributed by atoms with Gasteiger partial charge in [0.25, 0.3) is 11.5 Å². The van der Waals surface area contributed by atoms with Crippen molar-refractivity contribution in [3.05, 3.63) is 74.8 Å². The predicted octanol–water partition coefficient (Wildman–Crippen LogP) is 3.42. The Kier molecular flexibility index (Phi) is 7.65. The molecule has 34 heavy (non-hydrogen) atoms. The molecule has 0 spiro atoms. The van der Waals surface area contributed by atoms with Crippen LogP contribution in [0.25, 0.3) is 0 Å². The predicted molar refractivity (Wildman–Crippen MR) is 131 cm³/mol. The number of nitrogen functional groups attached to an aromatic ring is 1. The molecular weight excluding hydrogens is 436 g/mol. The van der Waals surface area contributed by atoms with Crippen molar-refractivity contribution < 1.29 is 13.9 Å². The number of ether oxygens (including phenoxy) is 1. The summed E-state index contributed by atoms with van der Waals surface area (Å²) in [6.07, 6.45) is 2.99. The Bertz CT molecular complexity index is 1220. The van der Waals surface area contributed by atoms with Crippen LogP contribution in [-0.2, 0) is 23.3 Å². The quantitative estimate of drug-likeness (QED) is 0.496. The standard InChI is InChI=1S/C25H32N4O5/c1-5-6-13-28-22(26)21(23(31)27-24(28)32)29(15-19-8-7-14-33-19)20(30)16-34-18-11-9-17(10-12-18)25(2,3)4/h7-12,14H,5-6,13,15-16,26H2,1-4H3,(H,27,31,32). The molecule has 182 valence electrons. The first-order valence-corrected chi connectivity index (χ1v) is 11.3. The van der Waals surface area contributed by atoms with Crippen molar-refractivity contribution in [2.45, 2.75) is 59.0 Å². The molecular formula is C25H32N4O5. The number of hydrogen-bond acceptors (Lipinski definition) is 6. The zero-order chi connectivity index (χ0) is 24.9. The molecule has 3 rings (SSSR count). The van der Waals surface area contributed by atoms with E-state index in [0.29, 0.717) is 24.5 Å². The molecule has 2 heterocycles. The van der Waals surface area contributed by atoms with Crippen LogP contribution in [0.3, 0.4) is 0 Å². The monoisotopic (exact) mass is 468 g/mol. The van der Waals surface area contributed by atoms with Gasteiger partial charge in [-0.1, -0.05) is 46.2 Å². The van der Waals surface area contributed by atoms with Crippen molar-refractivity contribution in [3.8, 4) is 5.75 Å². The van der Waals surface area contributed by atoms with Crippen molar-refractivity contribution >= 4 is 17.4 Å². The average molecular weight is 469 g/mol. The van der Waals surface area contributed by atoms with E-state index in [0.717, 1.165) is 12.0 Å². The number of aromatic nitrogens is 2. The fraction of sp³-hybridized carbons (Fsp3) is 0.400. The molecule has 0 saturated heterocycles. The third-order valence-electron chi connectivity index (χ3n) is 5.50. The molecule has 1 amide bonds. The van der Waals surface area contributed by atoms with Gasteiger partial charge in [0, 0.05) is 6.54 Å². The molecule has 0 saturated carbocycles. The number of carbonyl (C=O) groups excluding carboxylic acids is 1. The smallest absolute Gasteiger partial charge is 0.330 e. The number of H-pyrrole nitrogens is 1. The van der Waals surface area contributed by atoms with Gasteiger partial charge in [0.2, 0.25) is 0 Å². The van der Waals surface area contributed by atoms with Crippen LogP contribution in [0, 0.1) is 0 Å². The highest BCUT2D eigenvalue weighted by Crippen LogP contribution is 2.25. The van der Waals surface area contributed by atoms with Crippen LogP contribution in [0.4, 0.5) is 11.5 Å². The molecule has 2 aromatic heterocycles. The number of amides is 1. The van der Waals surface area contributed by atoms with E-state index >= 15 is 0 Å². The molecule has 0 aliphatic carbocycles. The number of nitrogens with zero attached hydrogens (tertiary/aromatic N) is 2. The van der Waals surface area contributed by atoms with E-state index in [1.807, 2.05) is 19.1 Å². The minimum Gasteiger partial charge on any atom is -0.484 e. The third kappa shape index (κ3) is 5.78. The van der Waals surface area contributed by atoms with E-state index in [-0.39, 0.29) is 30.1 Å². The van der Waals surface area contributed by atoms with E-state index in [4.69, 9.17) is 14.9 Å². The molecule has 0 fully saturated rings. The Morgan fingerprint density at radius 3 is 2.47 bits per heavy atom. The van der Waals surface area contributed by atoms with E-state index in [2.05, 4.69) is 25.8 Å². The van der Waals surface area contributed by atoms with Crippen molar-refractivity contribution in [2.24, 2.45) is 0 Å². The number of carbonyl (C=O) groups is 1. The minimum absolute atomic E-state index is 0.00633. The van der Waals surface area contributed by atoms with Crippen LogP contribution in [0.2, 0.25) is 0 Å². The van der Waals surface area contributed by atoms with Crippen molar-refractivity contribution in [1.29, 1.82) is 0 Å². The van der Waals surface area contributed by atoms with Crippen LogP contribution in [0.5, 0.6) is 5.75 Å². The number of aromatic amines is 1. The van der Waals surface area contributed by atoms with Gasteiger partial charge in [-0.05, 0) is 41.7 Å². The second-order valence-corrected chi connectivity index (χ2v) is 9.12. The normalized spacial score (nSPS) is 11.4. The molecule has 9 heteroatoms. The molecule has 0 bridgehead atoms. The van der Waals surface area contributed by atoms with Gasteiger partial charge in [0.1, 0.15) is 17.3 Å². The highest BCUT2D eigenvalue weighted by atomic mass is 16.5. The summed E-state index contributed by atoms with van der Waals surface area (Å²) < 4.78 is 12.4. The lowest BCUT2D eigenvalue weighted by Gasteiger charge is -2.24. The van der Waals surface area contributed by atoms with Crippen molar-refractivity contribution in [3.63, 3.8) is 0 Å². The van der Waals surface area contributed by atoms with Gasteiger partial charge < -0.3 is 14.9 Å².